The summed E-state index contributed by atoms with van der Waals surface area (Å²) in [5.41, 5.74) is 11.3. The van der Waals surface area contributed by atoms with Gasteiger partial charge in [-0.2, -0.15) is 5.10 Å². The summed E-state index contributed by atoms with van der Waals surface area (Å²) in [7, 11) is 0. The van der Waals surface area contributed by atoms with Crippen LogP contribution in [0.1, 0.15) is 11.1 Å². The number of rotatable bonds is 4. The third-order valence-electron chi connectivity index (χ3n) is 2.49. The summed E-state index contributed by atoms with van der Waals surface area (Å²) in [4.78, 5) is 0. The molecule has 0 bridgehead atoms. The van der Waals surface area contributed by atoms with Crippen molar-refractivity contribution in [2.45, 2.75) is 6.54 Å². The van der Waals surface area contributed by atoms with Crippen LogP contribution >= 0.6 is 0 Å². The van der Waals surface area contributed by atoms with Crippen molar-refractivity contribution < 1.29 is 5.11 Å². The van der Waals surface area contributed by atoms with Gasteiger partial charge in [-0.1, -0.05) is 12.1 Å². The molecule has 18 heavy (non-hydrogen) atoms. The van der Waals surface area contributed by atoms with E-state index in [1.165, 1.54) is 0 Å². The number of benzene rings is 2. The Bertz CT molecular complexity index is 518. The number of hydrogen-bond donors (Lipinski definition) is 3. The van der Waals surface area contributed by atoms with E-state index in [1.54, 1.807) is 30.5 Å². The topological polar surface area (TPSA) is 70.6 Å². The molecule has 2 aromatic rings. The summed E-state index contributed by atoms with van der Waals surface area (Å²) in [6, 6.07) is 14.6. The van der Waals surface area contributed by atoms with E-state index >= 15 is 0 Å². The number of hydrogen-bond acceptors (Lipinski definition) is 4. The first-order valence-electron chi connectivity index (χ1n) is 5.65. The van der Waals surface area contributed by atoms with Crippen molar-refractivity contribution in [3.05, 3.63) is 59.7 Å². The second-order valence-electron chi connectivity index (χ2n) is 3.86. The third-order valence-corrected chi connectivity index (χ3v) is 2.49. The Morgan fingerprint density at radius 1 is 1.06 bits per heavy atom. The molecule has 4 N–H and O–H groups in total. The van der Waals surface area contributed by atoms with Crippen molar-refractivity contribution in [1.82, 2.24) is 0 Å². The Morgan fingerprint density at radius 3 is 2.33 bits per heavy atom. The fraction of sp³-hybridized carbons (Fsp3) is 0.0714. The first-order valence-corrected chi connectivity index (χ1v) is 5.65. The van der Waals surface area contributed by atoms with Crippen LogP contribution in [0.25, 0.3) is 0 Å². The second kappa shape index (κ2) is 5.84. The van der Waals surface area contributed by atoms with Crippen LogP contribution in [0.3, 0.4) is 0 Å². The van der Waals surface area contributed by atoms with Gasteiger partial charge in [0.15, 0.2) is 0 Å². The molecule has 0 aliphatic heterocycles. The van der Waals surface area contributed by atoms with E-state index < -0.39 is 0 Å². The zero-order valence-corrected chi connectivity index (χ0v) is 9.88. The van der Waals surface area contributed by atoms with Gasteiger partial charge in [0, 0.05) is 6.54 Å². The average molecular weight is 241 g/mol. The molecule has 0 aliphatic rings. The predicted octanol–water partition coefficient (Wildman–Crippen LogP) is 2.30. The number of phenols is 1. The Hall–Kier alpha value is -2.33. The van der Waals surface area contributed by atoms with Gasteiger partial charge in [-0.15, -0.1) is 0 Å². The summed E-state index contributed by atoms with van der Waals surface area (Å²) in [5, 5.41) is 13.2. The number of anilines is 1. The summed E-state index contributed by atoms with van der Waals surface area (Å²) in [5.74, 6) is 0.248. The highest BCUT2D eigenvalue weighted by molar-refractivity contribution is 5.80. The van der Waals surface area contributed by atoms with E-state index in [1.807, 2.05) is 24.3 Å². The van der Waals surface area contributed by atoms with E-state index in [4.69, 9.17) is 10.8 Å². The van der Waals surface area contributed by atoms with Gasteiger partial charge in [0.25, 0.3) is 0 Å². The minimum atomic E-state index is 0.248. The maximum atomic E-state index is 9.14. The SMILES string of the molecule is NCc1ccc(N/N=C/c2ccc(O)cc2)cc1. The summed E-state index contributed by atoms with van der Waals surface area (Å²) in [6.45, 7) is 0.539. The number of nitrogens with one attached hydrogen (secondary N) is 1. The molecule has 4 nitrogen and oxygen atoms in total. The highest BCUT2D eigenvalue weighted by Crippen LogP contribution is 2.10. The van der Waals surface area contributed by atoms with Crippen LogP contribution in [0.5, 0.6) is 5.75 Å². The van der Waals surface area contributed by atoms with Crippen LogP contribution in [0.15, 0.2) is 53.6 Å². The molecular weight excluding hydrogens is 226 g/mol. The van der Waals surface area contributed by atoms with Crippen LogP contribution in [-0.2, 0) is 6.54 Å². The number of nitrogens with zero attached hydrogens (tertiary/aromatic N) is 1. The molecule has 0 spiro atoms. The molecule has 2 aromatic carbocycles. The van der Waals surface area contributed by atoms with Gasteiger partial charge in [-0.3, -0.25) is 5.43 Å². The third kappa shape index (κ3) is 3.33. The van der Waals surface area contributed by atoms with E-state index in [0.717, 1.165) is 16.8 Å². The van der Waals surface area contributed by atoms with Gasteiger partial charge in [0.2, 0.25) is 0 Å². The van der Waals surface area contributed by atoms with Crippen molar-refractivity contribution in [2.75, 3.05) is 5.43 Å². The Balaban J connectivity index is 1.95. The Labute approximate surface area is 106 Å². The second-order valence-corrected chi connectivity index (χ2v) is 3.86. The maximum Gasteiger partial charge on any atom is 0.115 e. The molecule has 0 saturated heterocycles. The fourth-order valence-corrected chi connectivity index (χ4v) is 1.46. The largest absolute Gasteiger partial charge is 0.508 e. The molecule has 0 radical (unpaired) electrons. The Morgan fingerprint density at radius 2 is 1.72 bits per heavy atom. The monoisotopic (exact) mass is 241 g/mol. The van der Waals surface area contributed by atoms with Gasteiger partial charge in [0.05, 0.1) is 11.9 Å². The molecule has 0 aliphatic carbocycles. The van der Waals surface area contributed by atoms with E-state index in [0.29, 0.717) is 6.54 Å². The van der Waals surface area contributed by atoms with Crippen molar-refractivity contribution in [3.8, 4) is 5.75 Å². The molecule has 92 valence electrons. The zero-order chi connectivity index (χ0) is 12.8. The number of phenolic OH excluding ortho intramolecular Hbond substituents is 1. The summed E-state index contributed by atoms with van der Waals surface area (Å²) < 4.78 is 0. The smallest absolute Gasteiger partial charge is 0.115 e. The average Bonchev–Trinajstić information content (AvgIpc) is 2.42. The number of nitrogens with two attached hydrogens (primary N) is 1. The molecule has 0 unspecified atom stereocenters. The molecule has 0 amide bonds. The van der Waals surface area contributed by atoms with Crippen molar-refractivity contribution in [3.63, 3.8) is 0 Å². The van der Waals surface area contributed by atoms with Crippen molar-refractivity contribution in [1.29, 1.82) is 0 Å². The minimum absolute atomic E-state index is 0.248. The van der Waals surface area contributed by atoms with Crippen LogP contribution < -0.4 is 11.2 Å². The molecule has 2 rings (SSSR count). The first kappa shape index (κ1) is 12.1. The zero-order valence-electron chi connectivity index (χ0n) is 9.88. The maximum absolute atomic E-state index is 9.14. The fourth-order valence-electron chi connectivity index (χ4n) is 1.46. The molecule has 0 heterocycles. The number of hydrazone groups is 1. The normalized spacial score (nSPS) is 10.7. The van der Waals surface area contributed by atoms with Crippen LogP contribution in [0.2, 0.25) is 0 Å². The predicted molar refractivity (Wildman–Crippen MR) is 73.7 cm³/mol. The highest BCUT2D eigenvalue weighted by atomic mass is 16.3. The molecule has 4 heteroatoms. The van der Waals surface area contributed by atoms with Crippen molar-refractivity contribution >= 4 is 11.9 Å². The lowest BCUT2D eigenvalue weighted by atomic mass is 10.2. The van der Waals surface area contributed by atoms with Gasteiger partial charge < -0.3 is 10.8 Å². The van der Waals surface area contributed by atoms with Gasteiger partial charge in [-0.05, 0) is 47.5 Å². The molecule has 0 aromatic heterocycles. The lowest BCUT2D eigenvalue weighted by Gasteiger charge is -2.01. The van der Waals surface area contributed by atoms with Crippen LogP contribution in [-0.4, -0.2) is 11.3 Å². The minimum Gasteiger partial charge on any atom is -0.508 e. The Kier molecular flexibility index (Phi) is 3.94. The van der Waals surface area contributed by atoms with Crippen molar-refractivity contribution in [2.24, 2.45) is 10.8 Å². The van der Waals surface area contributed by atoms with Crippen LogP contribution in [0.4, 0.5) is 5.69 Å². The summed E-state index contributed by atoms with van der Waals surface area (Å²) in [6.07, 6.45) is 1.69. The highest BCUT2D eigenvalue weighted by Gasteiger charge is 1.91. The van der Waals surface area contributed by atoms with E-state index in [9.17, 15) is 0 Å². The standard InChI is InChI=1S/C14H15N3O/c15-9-11-1-5-13(6-2-11)17-16-10-12-3-7-14(18)8-4-12/h1-8,10,17-18H,9,15H2/b16-10+. The molecule has 0 fully saturated rings. The van der Waals surface area contributed by atoms with Crippen LogP contribution in [0, 0.1) is 0 Å². The lowest BCUT2D eigenvalue weighted by Crippen LogP contribution is -1.96. The van der Waals surface area contributed by atoms with Gasteiger partial charge in [-0.25, -0.2) is 0 Å². The van der Waals surface area contributed by atoms with Gasteiger partial charge >= 0.3 is 0 Å². The van der Waals surface area contributed by atoms with E-state index in [2.05, 4.69) is 10.5 Å². The lowest BCUT2D eigenvalue weighted by molar-refractivity contribution is 0.475. The quantitative estimate of drug-likeness (QED) is 0.568. The summed E-state index contributed by atoms with van der Waals surface area (Å²) >= 11 is 0. The van der Waals surface area contributed by atoms with E-state index in [-0.39, 0.29) is 5.75 Å². The molecular formula is C14H15N3O. The molecule has 0 saturated carbocycles. The molecule has 0 atom stereocenters. The first-order chi connectivity index (χ1) is 8.78. The van der Waals surface area contributed by atoms with Gasteiger partial charge in [0.1, 0.15) is 5.75 Å². The number of aromatic hydroxyl groups is 1.